The largest absolute Gasteiger partial charge is 0.483 e. The Bertz CT molecular complexity index is 1030. The van der Waals surface area contributed by atoms with Crippen molar-refractivity contribution in [2.24, 2.45) is 11.8 Å². The van der Waals surface area contributed by atoms with Crippen LogP contribution in [0.15, 0.2) is 47.3 Å². The Morgan fingerprint density at radius 2 is 1.68 bits per heavy atom. The third-order valence-electron chi connectivity index (χ3n) is 7.36. The lowest BCUT2D eigenvalue weighted by Gasteiger charge is -2.43. The van der Waals surface area contributed by atoms with E-state index in [1.807, 2.05) is 0 Å². The topological polar surface area (TPSA) is 112 Å². The normalized spacial score (nSPS) is 21.0. The van der Waals surface area contributed by atoms with Crippen molar-refractivity contribution >= 4 is 12.9 Å². The van der Waals surface area contributed by atoms with Crippen LogP contribution in [0.4, 0.5) is 0 Å². The number of benzene rings is 1. The molecule has 2 N–H and O–H groups in total. The highest BCUT2D eigenvalue weighted by molar-refractivity contribution is 5.33. The maximum absolute atomic E-state index is 13.3. The van der Waals surface area contributed by atoms with E-state index in [9.17, 15) is 4.79 Å². The van der Waals surface area contributed by atoms with E-state index in [-0.39, 0.29) is 18.5 Å². The Hall–Kier alpha value is -3.01. The summed E-state index contributed by atoms with van der Waals surface area (Å²) in [5.41, 5.74) is 3.81. The first-order chi connectivity index (χ1) is 18.0. The minimum absolute atomic E-state index is 0.238. The molecule has 2 aromatic rings. The molecule has 37 heavy (non-hydrogen) atoms. The Kier molecular flexibility index (Phi) is 11.3. The Morgan fingerprint density at radius 1 is 1.00 bits per heavy atom. The fraction of sp³-hybridized carbons (Fsp3) is 0.536. The maximum atomic E-state index is 13.3. The lowest BCUT2D eigenvalue weighted by atomic mass is 9.82. The lowest BCUT2D eigenvalue weighted by Crippen LogP contribution is -2.47. The first kappa shape index (κ1) is 28.6. The lowest BCUT2D eigenvalue weighted by molar-refractivity contribution is -0.123. The van der Waals surface area contributed by atoms with Crippen molar-refractivity contribution < 1.29 is 24.5 Å². The highest BCUT2D eigenvalue weighted by Crippen LogP contribution is 2.35. The fourth-order valence-corrected chi connectivity index (χ4v) is 5.91. The fourth-order valence-electron chi connectivity index (χ4n) is 5.91. The van der Waals surface area contributed by atoms with Crippen molar-refractivity contribution in [1.29, 1.82) is 0 Å². The number of carbonyl (C=O) groups is 2. The number of piperidine rings is 1. The summed E-state index contributed by atoms with van der Waals surface area (Å²) in [5, 5.41) is 13.8. The van der Waals surface area contributed by atoms with Gasteiger partial charge in [-0.25, -0.2) is 0 Å². The monoisotopic (exact) mass is 513 g/mol. The van der Waals surface area contributed by atoms with E-state index in [4.69, 9.17) is 24.5 Å². The summed E-state index contributed by atoms with van der Waals surface area (Å²) in [6, 6.07) is 15.1. The Balaban J connectivity index is 0.000000580. The highest BCUT2D eigenvalue weighted by atomic mass is 16.5. The SMILES string of the molecule is CN(Cc1ccc2n(c1=O)C[C@H]1C[C@@H]2CN(Cc2ccccc2)C1)CC1CCOCC1.O=CO.O=CO. The minimum Gasteiger partial charge on any atom is -0.483 e. The number of hydrogen-bond acceptors (Lipinski definition) is 6. The molecular formula is C28H39N3O6. The van der Waals surface area contributed by atoms with E-state index < -0.39 is 0 Å². The number of fused-ring (bicyclic) bond motifs is 4. The predicted octanol–water partition coefficient (Wildman–Crippen LogP) is 2.73. The molecule has 0 radical (unpaired) electrons. The summed E-state index contributed by atoms with van der Waals surface area (Å²) in [5.74, 6) is 1.73. The third kappa shape index (κ3) is 8.24. The number of carboxylic acid groups (broad SMARTS) is 2. The van der Waals surface area contributed by atoms with Crippen molar-refractivity contribution in [2.75, 3.05) is 39.9 Å². The van der Waals surface area contributed by atoms with Gasteiger partial charge >= 0.3 is 0 Å². The maximum Gasteiger partial charge on any atom is 0.290 e. The van der Waals surface area contributed by atoms with E-state index in [1.54, 1.807) is 0 Å². The molecule has 2 bridgehead atoms. The molecule has 2 saturated heterocycles. The van der Waals surface area contributed by atoms with Gasteiger partial charge in [0.05, 0.1) is 0 Å². The summed E-state index contributed by atoms with van der Waals surface area (Å²) >= 11 is 0. The van der Waals surface area contributed by atoms with E-state index in [1.165, 1.54) is 17.7 Å². The number of pyridine rings is 1. The van der Waals surface area contributed by atoms with Gasteiger partial charge in [0.1, 0.15) is 0 Å². The molecule has 1 aromatic carbocycles. The van der Waals surface area contributed by atoms with Crippen LogP contribution in [0.3, 0.4) is 0 Å². The molecule has 1 aromatic heterocycles. The number of ether oxygens (including phenoxy) is 1. The van der Waals surface area contributed by atoms with E-state index in [0.717, 1.165) is 70.9 Å². The van der Waals surface area contributed by atoms with Gasteiger partial charge < -0.3 is 24.4 Å². The van der Waals surface area contributed by atoms with Crippen LogP contribution in [0.5, 0.6) is 0 Å². The summed E-state index contributed by atoms with van der Waals surface area (Å²) in [6.07, 6.45) is 3.49. The summed E-state index contributed by atoms with van der Waals surface area (Å²) in [7, 11) is 2.15. The van der Waals surface area contributed by atoms with Gasteiger partial charge in [-0.05, 0) is 49.8 Å². The number of hydrogen-bond donors (Lipinski definition) is 2. The first-order valence-corrected chi connectivity index (χ1v) is 12.9. The van der Waals surface area contributed by atoms with Gasteiger partial charge in [-0.1, -0.05) is 36.4 Å². The average molecular weight is 514 g/mol. The molecule has 2 fully saturated rings. The van der Waals surface area contributed by atoms with E-state index in [0.29, 0.717) is 17.8 Å². The predicted molar refractivity (Wildman–Crippen MR) is 141 cm³/mol. The van der Waals surface area contributed by atoms with Gasteiger partial charge in [-0.2, -0.15) is 0 Å². The number of nitrogens with zero attached hydrogens (tertiary/aromatic N) is 3. The van der Waals surface area contributed by atoms with Crippen molar-refractivity contribution in [3.63, 3.8) is 0 Å². The average Bonchev–Trinajstić information content (AvgIpc) is 2.88. The first-order valence-electron chi connectivity index (χ1n) is 12.9. The van der Waals surface area contributed by atoms with Crippen molar-refractivity contribution in [3.8, 4) is 0 Å². The van der Waals surface area contributed by atoms with Gasteiger partial charge in [-0.3, -0.25) is 19.3 Å². The quantitative estimate of drug-likeness (QED) is 0.567. The van der Waals surface area contributed by atoms with Gasteiger partial charge in [0.25, 0.3) is 18.5 Å². The Labute approximate surface area is 218 Å². The van der Waals surface area contributed by atoms with Crippen LogP contribution in [0.1, 0.15) is 42.0 Å². The van der Waals surface area contributed by atoms with Crippen LogP contribution in [0.2, 0.25) is 0 Å². The number of rotatable bonds is 6. The molecule has 9 nitrogen and oxygen atoms in total. The molecule has 2 atom stereocenters. The molecule has 9 heteroatoms. The zero-order valence-electron chi connectivity index (χ0n) is 21.6. The van der Waals surface area contributed by atoms with E-state index >= 15 is 0 Å². The molecule has 5 rings (SSSR count). The van der Waals surface area contributed by atoms with Crippen LogP contribution in [0, 0.1) is 11.8 Å². The molecule has 202 valence electrons. The molecule has 0 saturated carbocycles. The standard InChI is InChI=1S/C26H35N3O2.2CH2O2/c1-27(14-21-9-11-31-12-10-21)18-23-7-8-25-24-13-22(17-29(25)26(23)30)16-28(19-24)15-20-5-3-2-4-6-20;2*2-1-3/h2-8,21-22,24H,9-19H2,1H3;2*1H,(H,2,3)/t22-,24+;;/m0../s1. The second-order valence-corrected chi connectivity index (χ2v) is 10.1. The van der Waals surface area contributed by atoms with Gasteiger partial charge in [0, 0.05) is 69.7 Å². The van der Waals surface area contributed by atoms with Gasteiger partial charge in [-0.15, -0.1) is 0 Å². The second kappa shape index (κ2) is 14.7. The number of likely N-dealkylation sites (tertiary alicyclic amines) is 1. The molecule has 0 unspecified atom stereocenters. The van der Waals surface area contributed by atoms with Crippen LogP contribution in [-0.2, 0) is 34.0 Å². The second-order valence-electron chi connectivity index (χ2n) is 10.1. The summed E-state index contributed by atoms with van der Waals surface area (Å²) in [4.78, 5) is 35.0. The van der Waals surface area contributed by atoms with Crippen LogP contribution in [0.25, 0.3) is 0 Å². The van der Waals surface area contributed by atoms with Crippen LogP contribution < -0.4 is 5.56 Å². The Morgan fingerprint density at radius 3 is 2.35 bits per heavy atom. The number of aromatic nitrogens is 1. The molecular weight excluding hydrogens is 474 g/mol. The van der Waals surface area contributed by atoms with Crippen molar-refractivity contribution in [2.45, 2.75) is 44.8 Å². The van der Waals surface area contributed by atoms with Crippen LogP contribution in [-0.4, -0.2) is 77.4 Å². The zero-order chi connectivity index (χ0) is 26.6. The van der Waals surface area contributed by atoms with E-state index in [2.05, 4.69) is 63.9 Å². The molecule has 3 aliphatic heterocycles. The van der Waals surface area contributed by atoms with Crippen LogP contribution >= 0.6 is 0 Å². The summed E-state index contributed by atoms with van der Waals surface area (Å²) < 4.78 is 7.59. The third-order valence-corrected chi connectivity index (χ3v) is 7.36. The minimum atomic E-state index is -0.250. The molecule has 0 spiro atoms. The van der Waals surface area contributed by atoms with Gasteiger partial charge in [0.2, 0.25) is 0 Å². The van der Waals surface area contributed by atoms with Gasteiger partial charge in [0.15, 0.2) is 0 Å². The van der Waals surface area contributed by atoms with Crippen molar-refractivity contribution in [1.82, 2.24) is 14.4 Å². The molecule has 0 aliphatic carbocycles. The summed E-state index contributed by atoms with van der Waals surface area (Å²) in [6.45, 7) is 7.06. The highest BCUT2D eigenvalue weighted by Gasteiger charge is 2.35. The zero-order valence-corrected chi connectivity index (χ0v) is 21.6. The smallest absolute Gasteiger partial charge is 0.290 e. The van der Waals surface area contributed by atoms with Crippen molar-refractivity contribution in [3.05, 3.63) is 69.6 Å². The molecule has 4 heterocycles. The molecule has 0 amide bonds. The molecule has 3 aliphatic rings.